The third kappa shape index (κ3) is 5.37. The van der Waals surface area contributed by atoms with Crippen molar-refractivity contribution in [3.63, 3.8) is 0 Å². The van der Waals surface area contributed by atoms with E-state index in [1.165, 1.54) is 0 Å². The Bertz CT molecular complexity index is 1540. The highest BCUT2D eigenvalue weighted by Gasteiger charge is 2.35. The largest absolute Gasteiger partial charge is 0.495 e. The van der Waals surface area contributed by atoms with Gasteiger partial charge in [-0.2, -0.15) is 4.68 Å². The number of carbonyl (C=O) groups excluding carboxylic acids is 1. The highest BCUT2D eigenvalue weighted by molar-refractivity contribution is 6.31. The first-order valence-corrected chi connectivity index (χ1v) is 12.7. The van der Waals surface area contributed by atoms with Gasteiger partial charge < -0.3 is 24.8 Å². The fourth-order valence-corrected chi connectivity index (χ4v) is 4.60. The van der Waals surface area contributed by atoms with E-state index in [2.05, 4.69) is 26.2 Å². The number of para-hydroxylation sites is 2. The van der Waals surface area contributed by atoms with Crippen molar-refractivity contribution in [3.05, 3.63) is 94.1 Å². The van der Waals surface area contributed by atoms with Crippen LogP contribution in [0.1, 0.15) is 31.0 Å². The van der Waals surface area contributed by atoms with E-state index < -0.39 is 6.04 Å². The molecule has 1 amide bonds. The van der Waals surface area contributed by atoms with Gasteiger partial charge in [0, 0.05) is 16.3 Å². The van der Waals surface area contributed by atoms with Crippen molar-refractivity contribution in [3.8, 4) is 17.2 Å². The number of ether oxygens (including phenoxy) is 3. The van der Waals surface area contributed by atoms with Crippen molar-refractivity contribution in [2.45, 2.75) is 26.5 Å². The molecule has 39 heavy (non-hydrogen) atoms. The van der Waals surface area contributed by atoms with Gasteiger partial charge in [-0.3, -0.25) is 4.79 Å². The van der Waals surface area contributed by atoms with E-state index in [9.17, 15) is 4.79 Å². The average molecular weight is 547 g/mol. The highest BCUT2D eigenvalue weighted by Crippen LogP contribution is 2.39. The predicted molar refractivity (Wildman–Crippen MR) is 147 cm³/mol. The van der Waals surface area contributed by atoms with Gasteiger partial charge in [-0.25, -0.2) is 0 Å². The van der Waals surface area contributed by atoms with Gasteiger partial charge in [0.2, 0.25) is 5.95 Å². The number of methoxy groups -OCH3 is 1. The van der Waals surface area contributed by atoms with E-state index >= 15 is 0 Å². The van der Waals surface area contributed by atoms with E-state index in [4.69, 9.17) is 25.8 Å². The molecule has 1 aliphatic heterocycles. The summed E-state index contributed by atoms with van der Waals surface area (Å²) in [5.74, 6) is 1.71. The lowest BCUT2D eigenvalue weighted by Gasteiger charge is -2.28. The zero-order chi connectivity index (χ0) is 27.4. The van der Waals surface area contributed by atoms with Crippen LogP contribution >= 0.6 is 11.6 Å². The fraction of sp³-hybridized carbons (Fsp3) is 0.214. The number of benzene rings is 3. The summed E-state index contributed by atoms with van der Waals surface area (Å²) in [5, 5.41) is 18.8. The van der Waals surface area contributed by atoms with Gasteiger partial charge in [0.1, 0.15) is 18.4 Å². The van der Waals surface area contributed by atoms with Crippen LogP contribution < -0.4 is 24.8 Å². The Hall–Kier alpha value is -4.57. The van der Waals surface area contributed by atoms with Crippen LogP contribution in [0.3, 0.4) is 0 Å². The minimum absolute atomic E-state index is 0.273. The summed E-state index contributed by atoms with van der Waals surface area (Å²) < 4.78 is 19.0. The summed E-state index contributed by atoms with van der Waals surface area (Å²) in [6.07, 6.45) is 0. The number of hydrogen-bond acceptors (Lipinski definition) is 8. The predicted octanol–water partition coefficient (Wildman–Crippen LogP) is 5.24. The van der Waals surface area contributed by atoms with Crippen LogP contribution in [-0.4, -0.2) is 39.8 Å². The van der Waals surface area contributed by atoms with E-state index in [1.54, 1.807) is 23.9 Å². The molecule has 1 aromatic heterocycles. The molecule has 2 heterocycles. The van der Waals surface area contributed by atoms with Crippen LogP contribution in [0.4, 0.5) is 11.6 Å². The zero-order valence-corrected chi connectivity index (χ0v) is 22.4. The number of tetrazole rings is 1. The number of aromatic nitrogens is 4. The third-order valence-electron chi connectivity index (χ3n) is 6.24. The first-order chi connectivity index (χ1) is 19.0. The topological polar surface area (TPSA) is 112 Å². The maximum absolute atomic E-state index is 13.7. The number of nitrogens with zero attached hydrogens (tertiary/aromatic N) is 4. The Balaban J connectivity index is 1.50. The lowest BCUT2D eigenvalue weighted by molar-refractivity contribution is -0.113. The van der Waals surface area contributed by atoms with Crippen molar-refractivity contribution in [2.24, 2.45) is 0 Å². The molecule has 4 aromatic rings. The number of nitrogens with one attached hydrogen (secondary N) is 2. The molecule has 0 spiro atoms. The number of carbonyl (C=O) groups is 1. The number of anilines is 2. The van der Waals surface area contributed by atoms with E-state index in [-0.39, 0.29) is 12.5 Å². The molecule has 0 bridgehead atoms. The first kappa shape index (κ1) is 26.1. The van der Waals surface area contributed by atoms with Crippen molar-refractivity contribution >= 4 is 29.1 Å². The molecule has 0 fully saturated rings. The summed E-state index contributed by atoms with van der Waals surface area (Å²) in [7, 11) is 1.55. The summed E-state index contributed by atoms with van der Waals surface area (Å²) >= 11 is 6.30. The number of allylic oxidation sites excluding steroid dienone is 1. The molecule has 0 saturated carbocycles. The molecule has 11 heteroatoms. The summed E-state index contributed by atoms with van der Waals surface area (Å²) in [4.78, 5) is 13.7. The molecule has 1 unspecified atom stereocenters. The highest BCUT2D eigenvalue weighted by atomic mass is 35.5. The van der Waals surface area contributed by atoms with Gasteiger partial charge in [-0.15, -0.1) is 0 Å². The second-order valence-corrected chi connectivity index (χ2v) is 9.09. The van der Waals surface area contributed by atoms with Crippen molar-refractivity contribution in [2.75, 3.05) is 24.4 Å². The van der Waals surface area contributed by atoms with Crippen LogP contribution in [0.2, 0.25) is 5.02 Å². The van der Waals surface area contributed by atoms with Crippen LogP contribution in [0, 0.1) is 0 Å². The second kappa shape index (κ2) is 11.4. The number of halogens is 1. The molecule has 0 aliphatic carbocycles. The smallest absolute Gasteiger partial charge is 0.255 e. The number of hydrogen-bond donors (Lipinski definition) is 2. The lowest BCUT2D eigenvalue weighted by atomic mass is 9.94. The monoisotopic (exact) mass is 546 g/mol. The maximum Gasteiger partial charge on any atom is 0.255 e. The Morgan fingerprint density at radius 2 is 1.85 bits per heavy atom. The molecule has 10 nitrogen and oxygen atoms in total. The Morgan fingerprint density at radius 3 is 2.64 bits per heavy atom. The summed E-state index contributed by atoms with van der Waals surface area (Å²) in [6.45, 7) is 4.40. The zero-order valence-electron chi connectivity index (χ0n) is 21.6. The van der Waals surface area contributed by atoms with Crippen LogP contribution in [0.25, 0.3) is 0 Å². The molecular formula is C28H27ClN6O4. The van der Waals surface area contributed by atoms with Gasteiger partial charge in [0.25, 0.3) is 5.91 Å². The van der Waals surface area contributed by atoms with Crippen LogP contribution in [0.15, 0.2) is 78.0 Å². The van der Waals surface area contributed by atoms with E-state index in [1.807, 2.05) is 68.4 Å². The molecule has 0 saturated heterocycles. The Kier molecular flexibility index (Phi) is 7.64. The fourth-order valence-electron chi connectivity index (χ4n) is 4.41. The van der Waals surface area contributed by atoms with Gasteiger partial charge in [0.05, 0.1) is 25.0 Å². The first-order valence-electron chi connectivity index (χ1n) is 12.3. The molecule has 1 aliphatic rings. The minimum atomic E-state index is -0.636. The molecular weight excluding hydrogens is 520 g/mol. The van der Waals surface area contributed by atoms with Gasteiger partial charge in [-0.05, 0) is 60.2 Å². The normalized spacial score (nSPS) is 14.3. The quantitative estimate of drug-likeness (QED) is 0.293. The lowest BCUT2D eigenvalue weighted by Crippen LogP contribution is -2.31. The third-order valence-corrected chi connectivity index (χ3v) is 6.61. The summed E-state index contributed by atoms with van der Waals surface area (Å²) in [5.41, 5.74) is 3.20. The van der Waals surface area contributed by atoms with Gasteiger partial charge in [0.15, 0.2) is 11.5 Å². The minimum Gasteiger partial charge on any atom is -0.495 e. The molecule has 0 radical (unpaired) electrons. The molecule has 200 valence electrons. The van der Waals surface area contributed by atoms with E-state index in [0.29, 0.717) is 51.8 Å². The van der Waals surface area contributed by atoms with Crippen molar-refractivity contribution < 1.29 is 19.0 Å². The second-order valence-electron chi connectivity index (χ2n) is 8.69. The SMILES string of the molecule is CCOc1cc(C2C(C(=O)Nc3ccccc3OC)=C(C)Nc3nnnn32)ccc1OCc1ccccc1Cl. The molecule has 5 rings (SSSR count). The molecule has 3 aromatic carbocycles. The van der Waals surface area contributed by atoms with Crippen molar-refractivity contribution in [1.29, 1.82) is 0 Å². The van der Waals surface area contributed by atoms with E-state index in [0.717, 1.165) is 11.1 Å². The van der Waals surface area contributed by atoms with Crippen LogP contribution in [0.5, 0.6) is 17.2 Å². The number of amides is 1. The van der Waals surface area contributed by atoms with Crippen molar-refractivity contribution in [1.82, 2.24) is 20.2 Å². The summed E-state index contributed by atoms with van der Waals surface area (Å²) in [6, 6.07) is 19.6. The number of rotatable bonds is 9. The van der Waals surface area contributed by atoms with Gasteiger partial charge >= 0.3 is 0 Å². The molecule has 2 N–H and O–H groups in total. The van der Waals surface area contributed by atoms with Gasteiger partial charge in [-0.1, -0.05) is 53.1 Å². The average Bonchev–Trinajstić information content (AvgIpc) is 3.41. The Labute approximate surface area is 230 Å². The van der Waals surface area contributed by atoms with Crippen LogP contribution in [-0.2, 0) is 11.4 Å². The Morgan fingerprint density at radius 1 is 1.05 bits per heavy atom. The maximum atomic E-state index is 13.7. The number of fused-ring (bicyclic) bond motifs is 1. The molecule has 1 atom stereocenters. The standard InChI is InChI=1S/C28H27ClN6O4/c1-4-38-24-15-18(13-14-23(24)39-16-19-9-5-6-10-20(19)29)26-25(17(2)30-28-32-33-34-35(26)28)27(36)31-21-11-7-8-12-22(21)37-3/h5-15,26H,4,16H2,1-3H3,(H,31,36)(H,30,32,34).